The van der Waals surface area contributed by atoms with Crippen molar-refractivity contribution in [1.29, 1.82) is 5.26 Å². The van der Waals surface area contributed by atoms with Crippen molar-refractivity contribution in [2.75, 3.05) is 25.0 Å². The first kappa shape index (κ1) is 22.6. The van der Waals surface area contributed by atoms with Gasteiger partial charge in [0.05, 0.1) is 12.2 Å². The number of carbonyl (C=O) groups excluding carboxylic acids is 1. The first-order chi connectivity index (χ1) is 14.9. The summed E-state index contributed by atoms with van der Waals surface area (Å²) < 4.78 is 38.8. The molecule has 1 aliphatic rings. The van der Waals surface area contributed by atoms with Crippen LogP contribution in [-0.2, 0) is 14.8 Å². The highest BCUT2D eigenvalue weighted by Gasteiger charge is 2.30. The fourth-order valence-corrected chi connectivity index (χ4v) is 4.95. The standard InChI is InChI=1S/C22H25N3O5S/c1-3-29-20-11-10-18(14-21(20)31(27,28)25-12-6-7-13-25)24-22(26)16(2)30-19-9-5-4-8-17(19)15-23/h4-5,8-11,14,16H,3,6-7,12-13H2,1-2H3,(H,24,26). The predicted octanol–water partition coefficient (Wildman–Crippen LogP) is 3.15. The van der Waals surface area contributed by atoms with Crippen LogP contribution in [0.3, 0.4) is 0 Å². The quantitative estimate of drug-likeness (QED) is 0.671. The van der Waals surface area contributed by atoms with Crippen LogP contribution in [0.4, 0.5) is 5.69 Å². The smallest absolute Gasteiger partial charge is 0.265 e. The summed E-state index contributed by atoms with van der Waals surface area (Å²) in [5.41, 5.74) is 0.637. The first-order valence-corrected chi connectivity index (χ1v) is 11.5. The number of amides is 1. The van der Waals surface area contributed by atoms with Crippen LogP contribution in [0.5, 0.6) is 11.5 Å². The van der Waals surface area contributed by atoms with E-state index < -0.39 is 22.0 Å². The van der Waals surface area contributed by atoms with Crippen molar-refractivity contribution >= 4 is 21.6 Å². The number of nitriles is 1. The van der Waals surface area contributed by atoms with Crippen LogP contribution < -0.4 is 14.8 Å². The molecule has 0 aliphatic carbocycles. The zero-order valence-corrected chi connectivity index (χ0v) is 18.3. The van der Waals surface area contributed by atoms with Gasteiger partial charge < -0.3 is 14.8 Å². The molecular formula is C22H25N3O5S. The van der Waals surface area contributed by atoms with Crippen LogP contribution in [-0.4, -0.2) is 44.4 Å². The van der Waals surface area contributed by atoms with Crippen molar-refractivity contribution in [2.24, 2.45) is 0 Å². The maximum atomic E-state index is 13.1. The second-order valence-corrected chi connectivity index (χ2v) is 8.97. The van der Waals surface area contributed by atoms with Crippen molar-refractivity contribution in [3.05, 3.63) is 48.0 Å². The van der Waals surface area contributed by atoms with Gasteiger partial charge in [-0.25, -0.2) is 8.42 Å². The summed E-state index contributed by atoms with van der Waals surface area (Å²) in [6, 6.07) is 13.2. The number of hydrogen-bond donors (Lipinski definition) is 1. The van der Waals surface area contributed by atoms with E-state index in [2.05, 4.69) is 5.32 Å². The Kier molecular flexibility index (Phi) is 7.15. The van der Waals surface area contributed by atoms with Crippen LogP contribution in [0.1, 0.15) is 32.3 Å². The molecule has 1 fully saturated rings. The molecule has 2 aromatic carbocycles. The molecule has 9 heteroatoms. The molecule has 3 rings (SSSR count). The summed E-state index contributed by atoms with van der Waals surface area (Å²) >= 11 is 0. The van der Waals surface area contributed by atoms with Gasteiger partial charge in [0, 0.05) is 18.8 Å². The molecule has 1 saturated heterocycles. The number of rotatable bonds is 8. The topological polar surface area (TPSA) is 109 Å². The van der Waals surface area contributed by atoms with Crippen molar-refractivity contribution < 1.29 is 22.7 Å². The molecule has 1 heterocycles. The van der Waals surface area contributed by atoms with E-state index in [0.29, 0.717) is 36.7 Å². The Morgan fingerprint density at radius 1 is 1.19 bits per heavy atom. The Hall–Kier alpha value is -3.09. The van der Waals surface area contributed by atoms with E-state index in [1.165, 1.54) is 10.4 Å². The third-order valence-corrected chi connectivity index (χ3v) is 6.79. The molecule has 1 amide bonds. The van der Waals surface area contributed by atoms with E-state index >= 15 is 0 Å². The van der Waals surface area contributed by atoms with Crippen LogP contribution >= 0.6 is 0 Å². The molecule has 1 aliphatic heterocycles. The molecule has 1 N–H and O–H groups in total. The molecule has 1 unspecified atom stereocenters. The molecule has 0 saturated carbocycles. The predicted molar refractivity (Wildman–Crippen MR) is 115 cm³/mol. The van der Waals surface area contributed by atoms with Crippen molar-refractivity contribution in [3.63, 3.8) is 0 Å². The number of nitrogens with one attached hydrogen (secondary N) is 1. The van der Waals surface area contributed by atoms with Gasteiger partial charge in [0.1, 0.15) is 22.5 Å². The molecular weight excluding hydrogens is 418 g/mol. The number of nitrogens with zero attached hydrogens (tertiary/aromatic N) is 2. The summed E-state index contributed by atoms with van der Waals surface area (Å²) in [4.78, 5) is 12.7. The Balaban J connectivity index is 1.81. The van der Waals surface area contributed by atoms with Gasteiger partial charge in [-0.2, -0.15) is 9.57 Å². The lowest BCUT2D eigenvalue weighted by atomic mass is 10.2. The molecule has 0 bridgehead atoms. The molecule has 0 spiro atoms. The van der Waals surface area contributed by atoms with E-state index in [-0.39, 0.29) is 10.6 Å². The lowest BCUT2D eigenvalue weighted by Crippen LogP contribution is -2.31. The second kappa shape index (κ2) is 9.81. The highest BCUT2D eigenvalue weighted by Crippen LogP contribution is 2.31. The maximum Gasteiger partial charge on any atom is 0.265 e. The lowest BCUT2D eigenvalue weighted by Gasteiger charge is -2.20. The van der Waals surface area contributed by atoms with E-state index in [1.54, 1.807) is 50.2 Å². The Morgan fingerprint density at radius 2 is 1.90 bits per heavy atom. The normalized spacial score (nSPS) is 15.1. The Labute approximate surface area is 182 Å². The number of ether oxygens (including phenoxy) is 2. The van der Waals surface area contributed by atoms with Gasteiger partial charge in [-0.3, -0.25) is 4.79 Å². The lowest BCUT2D eigenvalue weighted by molar-refractivity contribution is -0.122. The van der Waals surface area contributed by atoms with E-state index in [9.17, 15) is 13.2 Å². The molecule has 8 nitrogen and oxygen atoms in total. The SMILES string of the molecule is CCOc1ccc(NC(=O)C(C)Oc2ccccc2C#N)cc1S(=O)(=O)N1CCCC1. The molecule has 0 radical (unpaired) electrons. The first-order valence-electron chi connectivity index (χ1n) is 10.1. The van der Waals surface area contributed by atoms with E-state index in [0.717, 1.165) is 12.8 Å². The number of carbonyl (C=O) groups is 1. The number of para-hydroxylation sites is 1. The largest absolute Gasteiger partial charge is 0.492 e. The zero-order chi connectivity index (χ0) is 22.4. The number of sulfonamides is 1. The van der Waals surface area contributed by atoms with Crippen molar-refractivity contribution in [2.45, 2.75) is 37.7 Å². The van der Waals surface area contributed by atoms with Gasteiger partial charge in [-0.15, -0.1) is 0 Å². The van der Waals surface area contributed by atoms with Crippen molar-refractivity contribution in [1.82, 2.24) is 4.31 Å². The third-order valence-electron chi connectivity index (χ3n) is 4.87. The van der Waals surface area contributed by atoms with E-state index in [4.69, 9.17) is 14.7 Å². The highest BCUT2D eigenvalue weighted by molar-refractivity contribution is 7.89. The maximum absolute atomic E-state index is 13.1. The average molecular weight is 444 g/mol. The molecule has 164 valence electrons. The summed E-state index contributed by atoms with van der Waals surface area (Å²) in [6.07, 6.45) is 0.733. The minimum absolute atomic E-state index is 0.0254. The van der Waals surface area contributed by atoms with Crippen LogP contribution in [0.25, 0.3) is 0 Å². The van der Waals surface area contributed by atoms with Gasteiger partial charge in [0.15, 0.2) is 6.10 Å². The number of benzene rings is 2. The van der Waals surface area contributed by atoms with Gasteiger partial charge in [0.25, 0.3) is 5.91 Å². The van der Waals surface area contributed by atoms with Gasteiger partial charge >= 0.3 is 0 Å². The third kappa shape index (κ3) is 5.16. The van der Waals surface area contributed by atoms with Crippen LogP contribution in [0.15, 0.2) is 47.4 Å². The van der Waals surface area contributed by atoms with Gasteiger partial charge in [-0.05, 0) is 57.0 Å². The van der Waals surface area contributed by atoms with Crippen molar-refractivity contribution in [3.8, 4) is 17.6 Å². The van der Waals surface area contributed by atoms with Crippen LogP contribution in [0, 0.1) is 11.3 Å². The highest BCUT2D eigenvalue weighted by atomic mass is 32.2. The summed E-state index contributed by atoms with van der Waals surface area (Å²) in [5, 5.41) is 11.9. The number of hydrogen-bond acceptors (Lipinski definition) is 6. The van der Waals surface area contributed by atoms with Gasteiger partial charge in [0.2, 0.25) is 10.0 Å². The number of anilines is 1. The minimum Gasteiger partial charge on any atom is -0.492 e. The van der Waals surface area contributed by atoms with Crippen LogP contribution in [0.2, 0.25) is 0 Å². The molecule has 31 heavy (non-hydrogen) atoms. The summed E-state index contributed by atoms with van der Waals surface area (Å²) in [7, 11) is -3.74. The Bertz CT molecular complexity index is 1090. The molecule has 1 atom stereocenters. The minimum atomic E-state index is -3.74. The fourth-order valence-electron chi connectivity index (χ4n) is 3.28. The monoisotopic (exact) mass is 443 g/mol. The molecule has 2 aromatic rings. The average Bonchev–Trinajstić information content (AvgIpc) is 3.31. The summed E-state index contributed by atoms with van der Waals surface area (Å²) in [5.74, 6) is 0.0812. The zero-order valence-electron chi connectivity index (χ0n) is 17.5. The Morgan fingerprint density at radius 3 is 2.58 bits per heavy atom. The van der Waals surface area contributed by atoms with Gasteiger partial charge in [-0.1, -0.05) is 12.1 Å². The summed E-state index contributed by atoms with van der Waals surface area (Å²) in [6.45, 7) is 4.58. The fraction of sp³-hybridized carbons (Fsp3) is 0.364. The van der Waals surface area contributed by atoms with E-state index in [1.807, 2.05) is 6.07 Å². The molecule has 0 aromatic heterocycles. The second-order valence-electron chi connectivity index (χ2n) is 7.06.